The first-order valence-electron chi connectivity index (χ1n) is 7.24. The van der Waals surface area contributed by atoms with Crippen molar-refractivity contribution in [3.8, 4) is 0 Å². The Balaban J connectivity index is 1.78. The van der Waals surface area contributed by atoms with Gasteiger partial charge in [-0.3, -0.25) is 10.1 Å². The molecule has 0 fully saturated rings. The minimum absolute atomic E-state index is 0.0380. The average molecular weight is 317 g/mol. The smallest absolute Gasteiger partial charge is 0.244 e. The highest BCUT2D eigenvalue weighted by Gasteiger charge is 2.32. The molecule has 6 heteroatoms. The van der Waals surface area contributed by atoms with Gasteiger partial charge in [-0.05, 0) is 24.6 Å². The molecular weight excluding hydrogens is 300 g/mol. The van der Waals surface area contributed by atoms with E-state index in [4.69, 9.17) is 11.6 Å². The van der Waals surface area contributed by atoms with Crippen molar-refractivity contribution < 1.29 is 4.79 Å². The summed E-state index contributed by atoms with van der Waals surface area (Å²) in [6.07, 6.45) is 3.23. The normalized spacial score (nSPS) is 16.4. The highest BCUT2D eigenvalue weighted by molar-refractivity contribution is 6.30. The van der Waals surface area contributed by atoms with Crippen molar-refractivity contribution in [2.75, 3.05) is 6.54 Å². The summed E-state index contributed by atoms with van der Waals surface area (Å²) in [4.78, 5) is 22.9. The van der Waals surface area contributed by atoms with E-state index in [9.17, 15) is 4.79 Å². The van der Waals surface area contributed by atoms with Crippen LogP contribution in [0.25, 0.3) is 0 Å². The summed E-state index contributed by atoms with van der Waals surface area (Å²) in [6.45, 7) is 3.74. The lowest BCUT2D eigenvalue weighted by Gasteiger charge is -2.24. The molecule has 5 nitrogen and oxygen atoms in total. The zero-order chi connectivity index (χ0) is 15.5. The van der Waals surface area contributed by atoms with Crippen LogP contribution in [0.15, 0.2) is 36.8 Å². The molecule has 1 atom stereocenters. The van der Waals surface area contributed by atoms with E-state index >= 15 is 0 Å². The fraction of sp³-hybridized carbons (Fsp3) is 0.312. The maximum Gasteiger partial charge on any atom is 0.244 e. The summed E-state index contributed by atoms with van der Waals surface area (Å²) in [5.74, 6) is 0.0380. The topological polar surface area (TPSA) is 58.1 Å². The van der Waals surface area contributed by atoms with Crippen LogP contribution in [0, 0.1) is 0 Å². The highest BCUT2D eigenvalue weighted by atomic mass is 35.5. The van der Waals surface area contributed by atoms with Crippen LogP contribution in [0.1, 0.15) is 29.8 Å². The molecule has 22 heavy (non-hydrogen) atoms. The Morgan fingerprint density at radius 2 is 2.36 bits per heavy atom. The second kappa shape index (κ2) is 6.42. The Bertz CT molecular complexity index is 691. The van der Waals surface area contributed by atoms with E-state index < -0.39 is 0 Å². The molecule has 3 rings (SSSR count). The van der Waals surface area contributed by atoms with Crippen molar-refractivity contribution in [3.05, 3.63) is 58.6 Å². The van der Waals surface area contributed by atoms with E-state index in [2.05, 4.69) is 15.3 Å². The molecule has 1 amide bonds. The van der Waals surface area contributed by atoms with Gasteiger partial charge in [-0.25, -0.2) is 9.97 Å². The Kier molecular flexibility index (Phi) is 4.36. The summed E-state index contributed by atoms with van der Waals surface area (Å²) in [5, 5.41) is 3.89. The fourth-order valence-electron chi connectivity index (χ4n) is 2.67. The lowest BCUT2D eigenvalue weighted by Crippen LogP contribution is -2.38. The molecule has 0 saturated heterocycles. The molecule has 1 N–H and O–H groups in total. The van der Waals surface area contributed by atoms with E-state index in [0.717, 1.165) is 16.8 Å². The molecule has 0 saturated carbocycles. The molecule has 1 aromatic carbocycles. The molecule has 1 unspecified atom stereocenters. The van der Waals surface area contributed by atoms with Crippen LogP contribution >= 0.6 is 11.6 Å². The van der Waals surface area contributed by atoms with Crippen LogP contribution in [0.5, 0.6) is 0 Å². The third kappa shape index (κ3) is 2.96. The lowest BCUT2D eigenvalue weighted by atomic mass is 10.1. The van der Waals surface area contributed by atoms with E-state index in [1.165, 1.54) is 6.33 Å². The first-order chi connectivity index (χ1) is 10.7. The number of fused-ring (bicyclic) bond motifs is 1. The molecule has 2 aromatic rings. The van der Waals surface area contributed by atoms with Crippen molar-refractivity contribution in [1.82, 2.24) is 20.2 Å². The third-order valence-corrected chi connectivity index (χ3v) is 4.05. The Morgan fingerprint density at radius 3 is 3.14 bits per heavy atom. The Morgan fingerprint density at radius 1 is 1.50 bits per heavy atom. The van der Waals surface area contributed by atoms with Crippen molar-refractivity contribution >= 4 is 17.5 Å². The number of halogens is 1. The number of likely N-dealkylation sites (N-methyl/N-ethyl adjacent to an activating group) is 1. The molecule has 0 aliphatic carbocycles. The Labute approximate surface area is 134 Å². The number of hydrogen-bond donors (Lipinski definition) is 1. The van der Waals surface area contributed by atoms with Gasteiger partial charge in [-0.2, -0.15) is 0 Å². The molecule has 0 radical (unpaired) electrons. The molecule has 1 aliphatic heterocycles. The predicted molar refractivity (Wildman–Crippen MR) is 84.2 cm³/mol. The first kappa shape index (κ1) is 14.9. The van der Waals surface area contributed by atoms with Gasteiger partial charge in [0.05, 0.1) is 5.69 Å². The van der Waals surface area contributed by atoms with Gasteiger partial charge in [0.15, 0.2) is 0 Å². The molecule has 1 aliphatic rings. The average Bonchev–Trinajstić information content (AvgIpc) is 2.96. The number of carbonyl (C=O) groups excluding carboxylic acids is 1. The number of benzene rings is 1. The summed E-state index contributed by atoms with van der Waals surface area (Å²) >= 11 is 6.01. The van der Waals surface area contributed by atoms with E-state index in [0.29, 0.717) is 24.7 Å². The number of amides is 1. The molecule has 0 bridgehead atoms. The van der Waals surface area contributed by atoms with Gasteiger partial charge < -0.3 is 4.90 Å². The standard InChI is InChI=1S/C16H17ClN4O/c1-2-21(9-11-4-3-5-12(17)6-11)16(22)15-13-7-18-10-20-14(13)8-19-15/h3-7,10,15,19H,2,8-9H2,1H3. The number of nitrogens with zero attached hydrogens (tertiary/aromatic N) is 3. The highest BCUT2D eigenvalue weighted by Crippen LogP contribution is 2.25. The van der Waals surface area contributed by atoms with Crippen LogP contribution in [0.4, 0.5) is 0 Å². The fourth-order valence-corrected chi connectivity index (χ4v) is 2.88. The number of carbonyl (C=O) groups is 1. The van der Waals surface area contributed by atoms with Crippen LogP contribution in [-0.4, -0.2) is 27.3 Å². The van der Waals surface area contributed by atoms with Crippen LogP contribution < -0.4 is 5.32 Å². The van der Waals surface area contributed by atoms with Gasteiger partial charge in [-0.1, -0.05) is 23.7 Å². The summed E-state index contributed by atoms with van der Waals surface area (Å²) in [6, 6.07) is 7.22. The molecule has 2 heterocycles. The van der Waals surface area contributed by atoms with Gasteiger partial charge in [-0.15, -0.1) is 0 Å². The summed E-state index contributed by atoms with van der Waals surface area (Å²) < 4.78 is 0. The quantitative estimate of drug-likeness (QED) is 0.940. The SMILES string of the molecule is CCN(Cc1cccc(Cl)c1)C(=O)C1NCc2ncncc21. The maximum absolute atomic E-state index is 12.8. The van der Waals surface area contributed by atoms with Gasteiger partial charge in [0, 0.05) is 36.4 Å². The largest absolute Gasteiger partial charge is 0.337 e. The predicted octanol–water partition coefficient (Wildman–Crippen LogP) is 2.32. The van der Waals surface area contributed by atoms with Crippen molar-refractivity contribution in [2.45, 2.75) is 26.1 Å². The number of nitrogens with one attached hydrogen (secondary N) is 1. The Hall–Kier alpha value is -1.98. The molecule has 1 aromatic heterocycles. The van der Waals surface area contributed by atoms with Crippen molar-refractivity contribution in [3.63, 3.8) is 0 Å². The first-order valence-corrected chi connectivity index (χ1v) is 7.62. The van der Waals surface area contributed by atoms with Gasteiger partial charge in [0.25, 0.3) is 0 Å². The number of hydrogen-bond acceptors (Lipinski definition) is 4. The van der Waals surface area contributed by atoms with E-state index in [-0.39, 0.29) is 11.9 Å². The van der Waals surface area contributed by atoms with E-state index in [1.807, 2.05) is 36.1 Å². The number of rotatable bonds is 4. The number of aromatic nitrogens is 2. The molecular formula is C16H17ClN4O. The summed E-state index contributed by atoms with van der Waals surface area (Å²) in [7, 11) is 0. The minimum atomic E-state index is -0.365. The van der Waals surface area contributed by atoms with Crippen molar-refractivity contribution in [1.29, 1.82) is 0 Å². The second-order valence-corrected chi connectivity index (χ2v) is 5.66. The molecule has 0 spiro atoms. The van der Waals surface area contributed by atoms with Crippen molar-refractivity contribution in [2.24, 2.45) is 0 Å². The zero-order valence-corrected chi connectivity index (χ0v) is 13.0. The van der Waals surface area contributed by atoms with Gasteiger partial charge in [0.1, 0.15) is 12.4 Å². The second-order valence-electron chi connectivity index (χ2n) is 5.22. The van der Waals surface area contributed by atoms with Gasteiger partial charge >= 0.3 is 0 Å². The van der Waals surface area contributed by atoms with Crippen LogP contribution in [-0.2, 0) is 17.9 Å². The maximum atomic E-state index is 12.8. The zero-order valence-electron chi connectivity index (χ0n) is 12.3. The van der Waals surface area contributed by atoms with Crippen LogP contribution in [0.3, 0.4) is 0 Å². The monoisotopic (exact) mass is 316 g/mol. The third-order valence-electron chi connectivity index (χ3n) is 3.81. The summed E-state index contributed by atoms with van der Waals surface area (Å²) in [5.41, 5.74) is 2.79. The van der Waals surface area contributed by atoms with Crippen LogP contribution in [0.2, 0.25) is 5.02 Å². The molecule has 114 valence electrons. The minimum Gasteiger partial charge on any atom is -0.337 e. The van der Waals surface area contributed by atoms with Gasteiger partial charge in [0.2, 0.25) is 5.91 Å². The lowest BCUT2D eigenvalue weighted by molar-refractivity contribution is -0.133. The van der Waals surface area contributed by atoms with E-state index in [1.54, 1.807) is 6.20 Å².